The van der Waals surface area contributed by atoms with Crippen LogP contribution < -0.4 is 15.4 Å². The number of rotatable bonds is 7. The molecule has 2 rings (SSSR count). The van der Waals surface area contributed by atoms with Crippen molar-refractivity contribution < 1.29 is 9.26 Å². The molecule has 0 aliphatic heterocycles. The van der Waals surface area contributed by atoms with Gasteiger partial charge in [-0.2, -0.15) is 0 Å². The van der Waals surface area contributed by atoms with Crippen molar-refractivity contribution in [2.24, 2.45) is 4.99 Å². The first-order chi connectivity index (χ1) is 12.0. The third kappa shape index (κ3) is 7.14. The highest BCUT2D eigenvalue weighted by Gasteiger charge is 2.10. The molecule has 1 atom stereocenters. The predicted molar refractivity (Wildman–Crippen MR) is 118 cm³/mol. The van der Waals surface area contributed by atoms with E-state index in [9.17, 15) is 0 Å². The average Bonchev–Trinajstić information content (AvgIpc) is 3.06. The minimum atomic E-state index is -0.0185. The molecule has 2 aromatic rings. The summed E-state index contributed by atoms with van der Waals surface area (Å²) in [6.07, 6.45) is -0.0185. The monoisotopic (exact) mass is 536 g/mol. The highest BCUT2D eigenvalue weighted by molar-refractivity contribution is 14.0. The van der Waals surface area contributed by atoms with Crippen molar-refractivity contribution in [1.29, 1.82) is 0 Å². The third-order valence-electron chi connectivity index (χ3n) is 3.54. The molecule has 1 unspecified atom stereocenters. The molecule has 0 spiro atoms. The number of para-hydroxylation sites is 1. The summed E-state index contributed by atoms with van der Waals surface area (Å²) in [6, 6.07) is 9.76. The molecule has 0 bridgehead atoms. The number of aromatic nitrogens is 1. The van der Waals surface area contributed by atoms with E-state index < -0.39 is 0 Å². The molecule has 2 N–H and O–H groups in total. The zero-order chi connectivity index (χ0) is 18.2. The molecule has 8 heteroatoms. The number of nitrogens with zero attached hydrogens (tertiary/aromatic N) is 2. The fourth-order valence-corrected chi connectivity index (χ4v) is 2.49. The van der Waals surface area contributed by atoms with Gasteiger partial charge in [-0.3, -0.25) is 4.99 Å². The Morgan fingerprint density at radius 1 is 1.27 bits per heavy atom. The molecule has 0 radical (unpaired) electrons. The summed E-state index contributed by atoms with van der Waals surface area (Å²) in [5.74, 6) is 2.64. The highest BCUT2D eigenvalue weighted by atomic mass is 127. The standard InChI is InChI=1S/C18H25BrN4O2.HI/c1-12(2)16-9-14(25-23-16)11-22-18(20-4)21-10-13(3)24-17-8-6-5-7-15(17)19;/h5-9,12-13H,10-11H2,1-4H3,(H2,20,21,22);1H. The quantitative estimate of drug-likeness (QED) is 0.313. The lowest BCUT2D eigenvalue weighted by Crippen LogP contribution is -2.41. The molecule has 6 nitrogen and oxygen atoms in total. The molecule has 0 aliphatic rings. The van der Waals surface area contributed by atoms with Crippen LogP contribution in [0.2, 0.25) is 0 Å². The maximum absolute atomic E-state index is 5.91. The summed E-state index contributed by atoms with van der Waals surface area (Å²) in [5, 5.41) is 10.5. The van der Waals surface area contributed by atoms with E-state index in [2.05, 4.69) is 50.6 Å². The van der Waals surface area contributed by atoms with Crippen molar-refractivity contribution in [3.63, 3.8) is 0 Å². The first-order valence-electron chi connectivity index (χ1n) is 8.30. The van der Waals surface area contributed by atoms with Crippen LogP contribution in [0.1, 0.15) is 38.1 Å². The molecule has 144 valence electrons. The van der Waals surface area contributed by atoms with Crippen LogP contribution in [0.5, 0.6) is 5.75 Å². The lowest BCUT2D eigenvalue weighted by Gasteiger charge is -2.18. The van der Waals surface area contributed by atoms with Gasteiger partial charge in [-0.1, -0.05) is 31.1 Å². The fraction of sp³-hybridized carbons (Fsp3) is 0.444. The normalized spacial score (nSPS) is 12.5. The van der Waals surface area contributed by atoms with Crippen molar-refractivity contribution >= 4 is 45.9 Å². The molecule has 0 amide bonds. The fourth-order valence-electron chi connectivity index (χ4n) is 2.11. The summed E-state index contributed by atoms with van der Waals surface area (Å²) in [4.78, 5) is 4.21. The van der Waals surface area contributed by atoms with Crippen molar-refractivity contribution in [2.45, 2.75) is 39.3 Å². The second-order valence-electron chi connectivity index (χ2n) is 6.04. The maximum Gasteiger partial charge on any atom is 0.191 e. The van der Waals surface area contributed by atoms with Gasteiger partial charge < -0.3 is 19.9 Å². The van der Waals surface area contributed by atoms with Gasteiger partial charge in [0.25, 0.3) is 0 Å². The molecule has 1 aromatic heterocycles. The number of halogens is 2. The lowest BCUT2D eigenvalue weighted by molar-refractivity contribution is 0.222. The molecule has 0 saturated carbocycles. The van der Waals surface area contributed by atoms with E-state index in [0.717, 1.165) is 21.7 Å². The zero-order valence-electron chi connectivity index (χ0n) is 15.5. The molecular weight excluding hydrogens is 511 g/mol. The van der Waals surface area contributed by atoms with Gasteiger partial charge >= 0.3 is 0 Å². The zero-order valence-corrected chi connectivity index (χ0v) is 19.4. The summed E-state index contributed by atoms with van der Waals surface area (Å²) in [6.45, 7) is 7.32. The van der Waals surface area contributed by atoms with Crippen molar-refractivity contribution in [3.05, 3.63) is 46.3 Å². The Morgan fingerprint density at radius 3 is 2.62 bits per heavy atom. The summed E-state index contributed by atoms with van der Waals surface area (Å²) in [5.41, 5.74) is 0.954. The van der Waals surface area contributed by atoms with Crippen molar-refractivity contribution in [3.8, 4) is 5.75 Å². The van der Waals surface area contributed by atoms with E-state index in [1.54, 1.807) is 7.05 Å². The van der Waals surface area contributed by atoms with E-state index in [4.69, 9.17) is 9.26 Å². The second-order valence-corrected chi connectivity index (χ2v) is 6.89. The van der Waals surface area contributed by atoms with Gasteiger partial charge in [0.2, 0.25) is 0 Å². The number of nitrogens with one attached hydrogen (secondary N) is 2. The third-order valence-corrected chi connectivity index (χ3v) is 4.20. The first kappa shape index (κ1) is 22.8. The highest BCUT2D eigenvalue weighted by Crippen LogP contribution is 2.24. The number of hydrogen-bond donors (Lipinski definition) is 2. The van der Waals surface area contributed by atoms with Crippen LogP contribution in [0, 0.1) is 0 Å². The Kier molecular flexibility index (Phi) is 10.0. The van der Waals surface area contributed by atoms with E-state index >= 15 is 0 Å². The number of hydrogen-bond acceptors (Lipinski definition) is 4. The predicted octanol–water partition coefficient (Wildman–Crippen LogP) is 4.31. The number of ether oxygens (including phenoxy) is 1. The smallest absolute Gasteiger partial charge is 0.191 e. The summed E-state index contributed by atoms with van der Waals surface area (Å²) < 4.78 is 12.2. The van der Waals surface area contributed by atoms with Crippen LogP contribution in [0.25, 0.3) is 0 Å². The molecular formula is C18H26BrIN4O2. The van der Waals surface area contributed by atoms with Gasteiger partial charge in [0.1, 0.15) is 11.9 Å². The van der Waals surface area contributed by atoms with E-state index in [-0.39, 0.29) is 30.1 Å². The van der Waals surface area contributed by atoms with Gasteiger partial charge in [-0.15, -0.1) is 24.0 Å². The minimum Gasteiger partial charge on any atom is -0.488 e. The van der Waals surface area contributed by atoms with Crippen LogP contribution in [0.3, 0.4) is 0 Å². The van der Waals surface area contributed by atoms with Crippen LogP contribution in [0.15, 0.2) is 44.3 Å². The molecule has 26 heavy (non-hydrogen) atoms. The minimum absolute atomic E-state index is 0. The Balaban J connectivity index is 0.00000338. The lowest BCUT2D eigenvalue weighted by atomic mass is 10.1. The topological polar surface area (TPSA) is 71.7 Å². The average molecular weight is 537 g/mol. The number of benzene rings is 1. The van der Waals surface area contributed by atoms with Crippen molar-refractivity contribution in [2.75, 3.05) is 13.6 Å². The van der Waals surface area contributed by atoms with E-state index in [0.29, 0.717) is 25.0 Å². The first-order valence-corrected chi connectivity index (χ1v) is 9.10. The van der Waals surface area contributed by atoms with Crippen LogP contribution in [-0.2, 0) is 6.54 Å². The van der Waals surface area contributed by atoms with Crippen LogP contribution in [0.4, 0.5) is 0 Å². The van der Waals surface area contributed by atoms with Crippen molar-refractivity contribution in [1.82, 2.24) is 15.8 Å². The Labute approximate surface area is 180 Å². The van der Waals surface area contributed by atoms with Gasteiger partial charge in [0, 0.05) is 13.1 Å². The summed E-state index contributed by atoms with van der Waals surface area (Å²) in [7, 11) is 1.73. The molecule has 0 aliphatic carbocycles. The molecule has 0 saturated heterocycles. The Morgan fingerprint density at radius 2 is 2.00 bits per heavy atom. The SMILES string of the molecule is CN=C(NCc1cc(C(C)C)no1)NCC(C)Oc1ccccc1Br.I. The molecule has 1 aromatic carbocycles. The van der Waals surface area contributed by atoms with E-state index in [1.165, 1.54) is 0 Å². The number of aliphatic imine (C=N–C) groups is 1. The second kappa shape index (κ2) is 11.4. The van der Waals surface area contributed by atoms with Gasteiger partial charge in [-0.25, -0.2) is 0 Å². The Hall–Kier alpha value is -1.29. The van der Waals surface area contributed by atoms with Gasteiger partial charge in [0.05, 0.1) is 23.3 Å². The van der Waals surface area contributed by atoms with Crippen LogP contribution >= 0.6 is 39.9 Å². The van der Waals surface area contributed by atoms with Crippen LogP contribution in [-0.4, -0.2) is 30.8 Å². The van der Waals surface area contributed by atoms with Gasteiger partial charge in [-0.05, 0) is 40.9 Å². The largest absolute Gasteiger partial charge is 0.488 e. The summed E-state index contributed by atoms with van der Waals surface area (Å²) >= 11 is 3.48. The van der Waals surface area contributed by atoms with E-state index in [1.807, 2.05) is 37.3 Å². The molecule has 0 fully saturated rings. The Bertz CT molecular complexity index is 706. The maximum atomic E-state index is 5.91. The van der Waals surface area contributed by atoms with Gasteiger partial charge in [0.15, 0.2) is 11.7 Å². The number of guanidine groups is 1. The molecule has 1 heterocycles.